The van der Waals surface area contributed by atoms with Gasteiger partial charge in [-0.3, -0.25) is 9.71 Å². The minimum absolute atomic E-state index is 0.126. The second-order valence-electron chi connectivity index (χ2n) is 3.99. The molecule has 0 unspecified atom stereocenters. The van der Waals surface area contributed by atoms with Crippen molar-refractivity contribution in [2.75, 3.05) is 4.72 Å². The zero-order valence-corrected chi connectivity index (χ0v) is 12.7. The molecule has 2 rings (SSSR count). The minimum atomic E-state index is -3.60. The number of hydrogen-bond donors (Lipinski definition) is 1. The molecule has 19 heavy (non-hydrogen) atoms. The van der Waals surface area contributed by atoms with Crippen molar-refractivity contribution >= 4 is 31.6 Å². The van der Waals surface area contributed by atoms with Gasteiger partial charge in [0, 0.05) is 22.6 Å². The van der Waals surface area contributed by atoms with Crippen LogP contribution in [0.5, 0.6) is 0 Å². The highest BCUT2D eigenvalue weighted by molar-refractivity contribution is 9.10. The van der Waals surface area contributed by atoms with E-state index in [1.165, 1.54) is 18.5 Å². The molecule has 1 aromatic heterocycles. The first-order chi connectivity index (χ1) is 9.01. The average molecular weight is 341 g/mol. The van der Waals surface area contributed by atoms with E-state index in [-0.39, 0.29) is 4.90 Å². The van der Waals surface area contributed by atoms with Crippen LogP contribution >= 0.6 is 15.9 Å². The van der Waals surface area contributed by atoms with E-state index >= 15 is 0 Å². The molecule has 4 nitrogen and oxygen atoms in total. The third kappa shape index (κ3) is 3.54. The van der Waals surface area contributed by atoms with Crippen LogP contribution in [0, 0.1) is 0 Å². The first kappa shape index (κ1) is 14.0. The summed E-state index contributed by atoms with van der Waals surface area (Å²) in [6.45, 7) is 2.05. The van der Waals surface area contributed by atoms with E-state index in [0.29, 0.717) is 10.2 Å². The Hall–Kier alpha value is -1.40. The fraction of sp³-hybridized carbons (Fsp3) is 0.154. The van der Waals surface area contributed by atoms with Crippen LogP contribution < -0.4 is 4.72 Å². The van der Waals surface area contributed by atoms with Gasteiger partial charge in [-0.2, -0.15) is 0 Å². The van der Waals surface area contributed by atoms with Crippen LogP contribution in [-0.2, 0) is 16.4 Å². The summed E-state index contributed by atoms with van der Waals surface area (Å²) in [6.07, 6.45) is 3.77. The van der Waals surface area contributed by atoms with Crippen LogP contribution in [0.4, 0.5) is 5.69 Å². The number of rotatable bonds is 4. The Morgan fingerprint density at radius 1 is 1.21 bits per heavy atom. The highest BCUT2D eigenvalue weighted by Crippen LogP contribution is 2.18. The number of benzene rings is 1. The molecular weight excluding hydrogens is 328 g/mol. The van der Waals surface area contributed by atoms with E-state index in [4.69, 9.17) is 0 Å². The first-order valence-electron chi connectivity index (χ1n) is 5.73. The van der Waals surface area contributed by atoms with Crippen molar-refractivity contribution in [2.45, 2.75) is 18.2 Å². The number of aromatic nitrogens is 1. The van der Waals surface area contributed by atoms with Gasteiger partial charge < -0.3 is 0 Å². The molecule has 0 bridgehead atoms. The highest BCUT2D eigenvalue weighted by atomic mass is 79.9. The van der Waals surface area contributed by atoms with Crippen LogP contribution in [0.2, 0.25) is 0 Å². The van der Waals surface area contributed by atoms with Crippen LogP contribution in [0.25, 0.3) is 0 Å². The van der Waals surface area contributed by atoms with Gasteiger partial charge in [0.05, 0.1) is 0 Å². The molecule has 0 aliphatic rings. The molecule has 1 aromatic carbocycles. The molecule has 1 heterocycles. The van der Waals surface area contributed by atoms with Gasteiger partial charge in [-0.15, -0.1) is 0 Å². The van der Waals surface area contributed by atoms with Crippen molar-refractivity contribution in [2.24, 2.45) is 0 Å². The second-order valence-corrected chi connectivity index (χ2v) is 6.59. The number of hydrogen-bond acceptors (Lipinski definition) is 3. The van der Waals surface area contributed by atoms with Crippen molar-refractivity contribution in [1.29, 1.82) is 0 Å². The fourth-order valence-electron chi connectivity index (χ4n) is 1.56. The quantitative estimate of drug-likeness (QED) is 0.929. The Labute approximate surface area is 121 Å². The summed E-state index contributed by atoms with van der Waals surface area (Å²) in [4.78, 5) is 3.98. The lowest BCUT2D eigenvalue weighted by atomic mass is 10.2. The molecule has 1 N–H and O–H groups in total. The van der Waals surface area contributed by atoms with Crippen molar-refractivity contribution in [3.05, 3.63) is 52.8 Å². The third-order valence-electron chi connectivity index (χ3n) is 2.60. The van der Waals surface area contributed by atoms with Gasteiger partial charge in [0.15, 0.2) is 0 Å². The number of nitrogens with zero attached hydrogens (tertiary/aromatic N) is 1. The van der Waals surface area contributed by atoms with E-state index in [2.05, 4.69) is 25.6 Å². The van der Waals surface area contributed by atoms with E-state index < -0.39 is 10.0 Å². The zero-order chi connectivity index (χ0) is 13.9. The summed E-state index contributed by atoms with van der Waals surface area (Å²) >= 11 is 3.20. The van der Waals surface area contributed by atoms with Gasteiger partial charge in [0.1, 0.15) is 4.90 Å². The largest absolute Gasteiger partial charge is 0.280 e. The fourth-order valence-corrected chi connectivity index (χ4v) is 3.12. The molecule has 0 aliphatic carbocycles. The lowest BCUT2D eigenvalue weighted by Crippen LogP contribution is -2.13. The van der Waals surface area contributed by atoms with Gasteiger partial charge in [0.25, 0.3) is 10.0 Å². The predicted molar refractivity (Wildman–Crippen MR) is 78.6 cm³/mol. The third-order valence-corrected chi connectivity index (χ3v) is 4.39. The second kappa shape index (κ2) is 5.71. The average Bonchev–Trinajstić information content (AvgIpc) is 2.39. The van der Waals surface area contributed by atoms with E-state index in [1.807, 2.05) is 19.1 Å². The summed E-state index contributed by atoms with van der Waals surface area (Å²) in [6, 6.07) is 8.81. The van der Waals surface area contributed by atoms with Crippen LogP contribution in [0.15, 0.2) is 52.1 Å². The Morgan fingerprint density at radius 3 is 2.47 bits per heavy atom. The minimum Gasteiger partial charge on any atom is -0.280 e. The van der Waals surface area contributed by atoms with E-state index in [9.17, 15) is 8.42 Å². The Kier molecular flexibility index (Phi) is 4.21. The van der Waals surface area contributed by atoms with Crippen molar-refractivity contribution < 1.29 is 8.42 Å². The molecule has 0 saturated carbocycles. The Bertz CT molecular complexity index is 669. The summed E-state index contributed by atoms with van der Waals surface area (Å²) in [5.74, 6) is 0. The molecule has 0 spiro atoms. The maximum atomic E-state index is 12.1. The Morgan fingerprint density at radius 2 is 1.89 bits per heavy atom. The number of sulfonamides is 1. The normalized spacial score (nSPS) is 11.3. The maximum absolute atomic E-state index is 12.1. The SMILES string of the molecule is CCc1ccc(NS(=O)(=O)c2cncc(Br)c2)cc1. The van der Waals surface area contributed by atoms with E-state index in [0.717, 1.165) is 12.0 Å². The monoisotopic (exact) mass is 340 g/mol. The molecule has 0 saturated heterocycles. The number of halogens is 1. The molecule has 0 amide bonds. The van der Waals surface area contributed by atoms with Gasteiger partial charge in [0.2, 0.25) is 0 Å². The van der Waals surface area contributed by atoms with E-state index in [1.54, 1.807) is 12.1 Å². The lowest BCUT2D eigenvalue weighted by molar-refractivity contribution is 0.600. The molecule has 0 fully saturated rings. The summed E-state index contributed by atoms with van der Waals surface area (Å²) < 4.78 is 27.4. The number of nitrogens with one attached hydrogen (secondary N) is 1. The summed E-state index contributed by atoms with van der Waals surface area (Å²) in [7, 11) is -3.60. The first-order valence-corrected chi connectivity index (χ1v) is 8.01. The van der Waals surface area contributed by atoms with Crippen LogP contribution in [0.3, 0.4) is 0 Å². The summed E-state index contributed by atoms with van der Waals surface area (Å²) in [5, 5.41) is 0. The molecular formula is C13H13BrN2O2S. The van der Waals surface area contributed by atoms with Gasteiger partial charge in [-0.1, -0.05) is 19.1 Å². The van der Waals surface area contributed by atoms with Crippen LogP contribution in [0.1, 0.15) is 12.5 Å². The smallest absolute Gasteiger partial charge is 0.263 e. The van der Waals surface area contributed by atoms with Crippen molar-refractivity contribution in [3.8, 4) is 0 Å². The van der Waals surface area contributed by atoms with Gasteiger partial charge in [-0.05, 0) is 46.1 Å². The number of aryl methyl sites for hydroxylation is 1. The Balaban J connectivity index is 2.25. The number of anilines is 1. The molecule has 0 aliphatic heterocycles. The molecule has 0 atom stereocenters. The summed E-state index contributed by atoms with van der Waals surface area (Å²) in [5.41, 5.74) is 1.70. The number of pyridine rings is 1. The maximum Gasteiger partial charge on any atom is 0.263 e. The molecule has 2 aromatic rings. The van der Waals surface area contributed by atoms with Crippen molar-refractivity contribution in [3.63, 3.8) is 0 Å². The highest BCUT2D eigenvalue weighted by Gasteiger charge is 2.14. The van der Waals surface area contributed by atoms with Crippen LogP contribution in [-0.4, -0.2) is 13.4 Å². The van der Waals surface area contributed by atoms with Gasteiger partial charge in [-0.25, -0.2) is 8.42 Å². The van der Waals surface area contributed by atoms with Gasteiger partial charge >= 0.3 is 0 Å². The zero-order valence-electron chi connectivity index (χ0n) is 10.3. The molecule has 0 radical (unpaired) electrons. The molecule has 6 heteroatoms. The van der Waals surface area contributed by atoms with Crippen molar-refractivity contribution in [1.82, 2.24) is 4.98 Å². The standard InChI is InChI=1S/C13H13BrN2O2S/c1-2-10-3-5-12(6-4-10)16-19(17,18)13-7-11(14)8-15-9-13/h3-9,16H,2H2,1H3. The lowest BCUT2D eigenvalue weighted by Gasteiger charge is -2.08. The molecule has 100 valence electrons. The predicted octanol–water partition coefficient (Wildman–Crippen LogP) is 3.21. The topological polar surface area (TPSA) is 59.1 Å².